The molecular formula is C14H17ClN2S. The van der Waals surface area contributed by atoms with Gasteiger partial charge in [0.05, 0.1) is 6.20 Å². The number of aromatic nitrogens is 1. The maximum Gasteiger partial charge on any atom is 0.113 e. The molecule has 1 N–H and O–H groups in total. The fourth-order valence-electron chi connectivity index (χ4n) is 1.70. The SMILES string of the molecule is CC(C)c1ccc(CNCc2ncc(Cl)s2)cc1. The highest BCUT2D eigenvalue weighted by molar-refractivity contribution is 7.15. The highest BCUT2D eigenvalue weighted by Gasteiger charge is 2.01. The topological polar surface area (TPSA) is 24.9 Å². The van der Waals surface area contributed by atoms with E-state index >= 15 is 0 Å². The van der Waals surface area contributed by atoms with E-state index < -0.39 is 0 Å². The van der Waals surface area contributed by atoms with E-state index in [9.17, 15) is 0 Å². The van der Waals surface area contributed by atoms with Crippen LogP contribution in [-0.2, 0) is 13.1 Å². The Morgan fingerprint density at radius 2 is 1.94 bits per heavy atom. The lowest BCUT2D eigenvalue weighted by atomic mass is 10.0. The van der Waals surface area contributed by atoms with Crippen LogP contribution in [0.4, 0.5) is 0 Å². The normalized spacial score (nSPS) is 11.1. The molecule has 0 saturated carbocycles. The minimum Gasteiger partial charge on any atom is -0.306 e. The first-order chi connectivity index (χ1) is 8.65. The monoisotopic (exact) mass is 280 g/mol. The Kier molecular flexibility index (Phi) is 4.75. The van der Waals surface area contributed by atoms with E-state index in [1.54, 1.807) is 6.20 Å². The van der Waals surface area contributed by atoms with Crippen molar-refractivity contribution in [2.24, 2.45) is 0 Å². The Morgan fingerprint density at radius 3 is 2.50 bits per heavy atom. The first-order valence-electron chi connectivity index (χ1n) is 6.05. The van der Waals surface area contributed by atoms with Crippen molar-refractivity contribution in [2.45, 2.75) is 32.9 Å². The zero-order valence-corrected chi connectivity index (χ0v) is 12.2. The van der Waals surface area contributed by atoms with Crippen molar-refractivity contribution in [2.75, 3.05) is 0 Å². The van der Waals surface area contributed by atoms with Gasteiger partial charge in [-0.25, -0.2) is 4.98 Å². The minimum atomic E-state index is 0.587. The van der Waals surface area contributed by atoms with Crippen LogP contribution in [0.25, 0.3) is 0 Å². The zero-order chi connectivity index (χ0) is 13.0. The average Bonchev–Trinajstić information content (AvgIpc) is 2.76. The lowest BCUT2D eigenvalue weighted by Crippen LogP contribution is -2.12. The van der Waals surface area contributed by atoms with Gasteiger partial charge in [-0.1, -0.05) is 49.7 Å². The van der Waals surface area contributed by atoms with Crippen molar-refractivity contribution in [3.05, 3.63) is 50.9 Å². The van der Waals surface area contributed by atoms with E-state index in [0.717, 1.165) is 22.4 Å². The second-order valence-corrected chi connectivity index (χ2v) is 6.30. The maximum atomic E-state index is 5.83. The minimum absolute atomic E-state index is 0.587. The van der Waals surface area contributed by atoms with E-state index in [-0.39, 0.29) is 0 Å². The molecule has 96 valence electrons. The molecule has 0 aliphatic heterocycles. The third-order valence-corrected chi connectivity index (χ3v) is 3.89. The molecule has 2 nitrogen and oxygen atoms in total. The Hall–Kier alpha value is -0.900. The van der Waals surface area contributed by atoms with Gasteiger partial charge in [-0.2, -0.15) is 0 Å². The molecule has 0 bridgehead atoms. The van der Waals surface area contributed by atoms with E-state index in [1.165, 1.54) is 22.5 Å². The van der Waals surface area contributed by atoms with E-state index in [2.05, 4.69) is 48.4 Å². The van der Waals surface area contributed by atoms with Gasteiger partial charge in [0.2, 0.25) is 0 Å². The van der Waals surface area contributed by atoms with Gasteiger partial charge in [-0.05, 0) is 17.0 Å². The molecule has 0 aliphatic rings. The zero-order valence-electron chi connectivity index (χ0n) is 10.6. The third-order valence-electron chi connectivity index (χ3n) is 2.78. The van der Waals surface area contributed by atoms with Gasteiger partial charge in [0.15, 0.2) is 0 Å². The van der Waals surface area contributed by atoms with Gasteiger partial charge in [0.1, 0.15) is 9.34 Å². The van der Waals surface area contributed by atoms with Gasteiger partial charge in [0.25, 0.3) is 0 Å². The van der Waals surface area contributed by atoms with Crippen LogP contribution < -0.4 is 5.32 Å². The maximum absolute atomic E-state index is 5.83. The smallest absolute Gasteiger partial charge is 0.113 e. The summed E-state index contributed by atoms with van der Waals surface area (Å²) in [5, 5.41) is 4.40. The summed E-state index contributed by atoms with van der Waals surface area (Å²) >= 11 is 7.35. The average molecular weight is 281 g/mol. The molecule has 2 rings (SSSR count). The first kappa shape index (κ1) is 13.5. The summed E-state index contributed by atoms with van der Waals surface area (Å²) < 4.78 is 0.744. The van der Waals surface area contributed by atoms with Gasteiger partial charge in [0, 0.05) is 13.1 Å². The van der Waals surface area contributed by atoms with Gasteiger partial charge in [-0.15, -0.1) is 11.3 Å². The summed E-state index contributed by atoms with van der Waals surface area (Å²) in [5.74, 6) is 0.587. The molecule has 0 amide bonds. The second kappa shape index (κ2) is 6.32. The molecule has 0 atom stereocenters. The van der Waals surface area contributed by atoms with Crippen molar-refractivity contribution in [3.8, 4) is 0 Å². The van der Waals surface area contributed by atoms with Crippen LogP contribution in [-0.4, -0.2) is 4.98 Å². The Balaban J connectivity index is 1.83. The molecular weight excluding hydrogens is 264 g/mol. The Bertz CT molecular complexity index is 491. The molecule has 0 unspecified atom stereocenters. The summed E-state index contributed by atoms with van der Waals surface area (Å²) in [5.41, 5.74) is 2.67. The fourth-order valence-corrected chi connectivity index (χ4v) is 2.63. The Labute approximate surface area is 117 Å². The summed E-state index contributed by atoms with van der Waals surface area (Å²) in [7, 11) is 0. The molecule has 0 radical (unpaired) electrons. The van der Waals surface area contributed by atoms with E-state index in [0.29, 0.717) is 5.92 Å². The van der Waals surface area contributed by atoms with Crippen LogP contribution in [0.5, 0.6) is 0 Å². The predicted molar refractivity (Wildman–Crippen MR) is 78.2 cm³/mol. The Morgan fingerprint density at radius 1 is 1.22 bits per heavy atom. The molecule has 1 aromatic heterocycles. The fraction of sp³-hybridized carbons (Fsp3) is 0.357. The van der Waals surface area contributed by atoms with E-state index in [1.807, 2.05) is 0 Å². The molecule has 1 aromatic carbocycles. The number of halogens is 1. The number of benzene rings is 1. The summed E-state index contributed by atoms with van der Waals surface area (Å²) in [6, 6.07) is 8.75. The van der Waals surface area contributed by atoms with Crippen molar-refractivity contribution in [1.29, 1.82) is 0 Å². The quantitative estimate of drug-likeness (QED) is 0.887. The standard InChI is InChI=1S/C14H17ClN2S/c1-10(2)12-5-3-11(4-6-12)7-16-9-14-17-8-13(15)18-14/h3-6,8,10,16H,7,9H2,1-2H3. The lowest BCUT2D eigenvalue weighted by Gasteiger charge is -2.07. The van der Waals surface area contributed by atoms with Crippen LogP contribution in [0.3, 0.4) is 0 Å². The van der Waals surface area contributed by atoms with Crippen molar-refractivity contribution >= 4 is 22.9 Å². The number of nitrogens with one attached hydrogen (secondary N) is 1. The third kappa shape index (κ3) is 3.80. The second-order valence-electron chi connectivity index (χ2n) is 4.56. The van der Waals surface area contributed by atoms with Crippen LogP contribution >= 0.6 is 22.9 Å². The lowest BCUT2D eigenvalue weighted by molar-refractivity contribution is 0.689. The van der Waals surface area contributed by atoms with Gasteiger partial charge >= 0.3 is 0 Å². The largest absolute Gasteiger partial charge is 0.306 e. The highest BCUT2D eigenvalue weighted by atomic mass is 35.5. The van der Waals surface area contributed by atoms with Crippen molar-refractivity contribution in [1.82, 2.24) is 10.3 Å². The van der Waals surface area contributed by atoms with Crippen LogP contribution in [0.1, 0.15) is 35.9 Å². The van der Waals surface area contributed by atoms with Gasteiger partial charge in [-0.3, -0.25) is 0 Å². The van der Waals surface area contributed by atoms with Crippen LogP contribution in [0, 0.1) is 0 Å². The molecule has 0 fully saturated rings. The summed E-state index contributed by atoms with van der Waals surface area (Å²) in [6.45, 7) is 6.04. The van der Waals surface area contributed by atoms with Gasteiger partial charge < -0.3 is 5.32 Å². The number of nitrogens with zero attached hydrogens (tertiary/aromatic N) is 1. The highest BCUT2D eigenvalue weighted by Crippen LogP contribution is 2.18. The van der Waals surface area contributed by atoms with Crippen LogP contribution in [0.2, 0.25) is 4.34 Å². The number of rotatable bonds is 5. The molecule has 1 heterocycles. The number of hydrogen-bond donors (Lipinski definition) is 1. The summed E-state index contributed by atoms with van der Waals surface area (Å²) in [4.78, 5) is 4.21. The number of hydrogen-bond acceptors (Lipinski definition) is 3. The molecule has 2 aromatic rings. The summed E-state index contributed by atoms with van der Waals surface area (Å²) in [6.07, 6.45) is 1.70. The van der Waals surface area contributed by atoms with Crippen LogP contribution in [0.15, 0.2) is 30.5 Å². The molecule has 0 aliphatic carbocycles. The molecule has 0 saturated heterocycles. The van der Waals surface area contributed by atoms with Crippen molar-refractivity contribution in [3.63, 3.8) is 0 Å². The molecule has 4 heteroatoms. The van der Waals surface area contributed by atoms with Crippen molar-refractivity contribution < 1.29 is 0 Å². The molecule has 0 spiro atoms. The van der Waals surface area contributed by atoms with E-state index in [4.69, 9.17) is 11.6 Å². The predicted octanol–water partition coefficient (Wildman–Crippen LogP) is 4.21. The number of thiazole rings is 1. The molecule has 18 heavy (non-hydrogen) atoms. The first-order valence-corrected chi connectivity index (χ1v) is 7.24.